The number of nitrogens with one attached hydrogen (secondary N) is 2. The molecule has 0 amide bonds. The summed E-state index contributed by atoms with van der Waals surface area (Å²) in [5.41, 5.74) is 4.73. The zero-order valence-corrected chi connectivity index (χ0v) is 21.4. The van der Waals surface area contributed by atoms with Crippen LogP contribution in [0.25, 0.3) is 16.2 Å². The molecule has 0 spiro atoms. The lowest BCUT2D eigenvalue weighted by molar-refractivity contribution is -0.384. The molecule has 192 valence electrons. The normalized spacial score (nSPS) is 11.6. The summed E-state index contributed by atoms with van der Waals surface area (Å²) in [6.45, 7) is 0. The third kappa shape index (κ3) is 4.92. The van der Waals surface area contributed by atoms with Gasteiger partial charge in [-0.2, -0.15) is 5.10 Å². The van der Waals surface area contributed by atoms with Gasteiger partial charge in [0.25, 0.3) is 15.7 Å². The Labute approximate surface area is 221 Å². The Morgan fingerprint density at radius 3 is 2.61 bits per heavy atom. The van der Waals surface area contributed by atoms with Gasteiger partial charge in [-0.3, -0.25) is 24.7 Å². The minimum Gasteiger partial charge on any atom is -0.495 e. The average Bonchev–Trinajstić information content (AvgIpc) is 3.51. The summed E-state index contributed by atoms with van der Waals surface area (Å²) in [5, 5.41) is 17.9. The van der Waals surface area contributed by atoms with Crippen LogP contribution in [0.2, 0.25) is 0 Å². The first kappa shape index (κ1) is 24.9. The maximum atomic E-state index is 12.9. The minimum atomic E-state index is -4.14. The molecule has 2 heterocycles. The molecule has 0 fully saturated rings. The number of thiazole rings is 1. The Morgan fingerprint density at radius 1 is 1.08 bits per heavy atom. The van der Waals surface area contributed by atoms with Crippen LogP contribution in [0, 0.1) is 10.1 Å². The summed E-state index contributed by atoms with van der Waals surface area (Å²) in [5.74, 6) is 0.313. The quantitative estimate of drug-likeness (QED) is 0.146. The first-order valence-electron chi connectivity index (χ1n) is 11.1. The molecule has 0 saturated carbocycles. The molecule has 5 rings (SSSR count). The van der Waals surface area contributed by atoms with Crippen LogP contribution in [0.1, 0.15) is 5.69 Å². The van der Waals surface area contributed by atoms with Crippen LogP contribution in [-0.2, 0) is 10.0 Å². The third-order valence-corrected chi connectivity index (χ3v) is 7.67. The highest BCUT2D eigenvalue weighted by molar-refractivity contribution is 7.92. The molecule has 0 atom stereocenters. The zero-order valence-electron chi connectivity index (χ0n) is 19.8. The van der Waals surface area contributed by atoms with E-state index in [1.54, 1.807) is 18.2 Å². The number of para-hydroxylation sites is 2. The SMILES string of the molecule is COc1ccccc1NS(=O)(=O)c1ccc(NN=Cc2c(-c3ccccc3)nc3sccn23)c([N+](=O)[O-])c1. The van der Waals surface area contributed by atoms with E-state index in [2.05, 4.69) is 20.2 Å². The van der Waals surface area contributed by atoms with Gasteiger partial charge in [0.2, 0.25) is 0 Å². The van der Waals surface area contributed by atoms with Gasteiger partial charge in [-0.05, 0) is 24.3 Å². The van der Waals surface area contributed by atoms with Crippen LogP contribution in [0.5, 0.6) is 5.75 Å². The van der Waals surface area contributed by atoms with Crippen molar-refractivity contribution < 1.29 is 18.1 Å². The summed E-state index contributed by atoms with van der Waals surface area (Å²) in [4.78, 5) is 16.3. The second kappa shape index (κ2) is 10.3. The highest BCUT2D eigenvalue weighted by Crippen LogP contribution is 2.31. The summed E-state index contributed by atoms with van der Waals surface area (Å²) in [6, 6.07) is 19.6. The van der Waals surface area contributed by atoms with Crippen molar-refractivity contribution in [2.24, 2.45) is 5.10 Å². The molecule has 0 aliphatic heterocycles. The molecule has 11 nitrogen and oxygen atoms in total. The van der Waals surface area contributed by atoms with E-state index in [-0.39, 0.29) is 16.3 Å². The Morgan fingerprint density at radius 2 is 1.84 bits per heavy atom. The van der Waals surface area contributed by atoms with Crippen molar-refractivity contribution in [1.29, 1.82) is 0 Å². The molecule has 0 aliphatic carbocycles. The van der Waals surface area contributed by atoms with Crippen LogP contribution in [0.15, 0.2) is 94.4 Å². The number of methoxy groups -OCH3 is 1. The van der Waals surface area contributed by atoms with E-state index in [0.29, 0.717) is 17.1 Å². The molecule has 0 unspecified atom stereocenters. The van der Waals surface area contributed by atoms with Gasteiger partial charge in [0, 0.05) is 23.2 Å². The molecule has 0 radical (unpaired) electrons. The van der Waals surface area contributed by atoms with Gasteiger partial charge in [-0.25, -0.2) is 13.4 Å². The largest absolute Gasteiger partial charge is 0.495 e. The second-order valence-corrected chi connectivity index (χ2v) is 10.4. The Bertz CT molecular complexity index is 1760. The van der Waals surface area contributed by atoms with Gasteiger partial charge in [0.15, 0.2) is 4.96 Å². The molecular formula is C25H20N6O5S2. The number of nitro groups is 1. The number of benzene rings is 3. The van der Waals surface area contributed by atoms with Crippen LogP contribution >= 0.6 is 11.3 Å². The van der Waals surface area contributed by atoms with Crippen molar-refractivity contribution in [3.8, 4) is 17.0 Å². The van der Waals surface area contributed by atoms with E-state index < -0.39 is 20.6 Å². The summed E-state index contributed by atoms with van der Waals surface area (Å²) >= 11 is 1.47. The lowest BCUT2D eigenvalue weighted by Gasteiger charge is -2.12. The van der Waals surface area contributed by atoms with E-state index in [0.717, 1.165) is 16.6 Å². The lowest BCUT2D eigenvalue weighted by atomic mass is 10.1. The number of imidazole rings is 1. The van der Waals surface area contributed by atoms with Gasteiger partial charge in [-0.1, -0.05) is 42.5 Å². The number of hydrogen-bond acceptors (Lipinski definition) is 9. The maximum absolute atomic E-state index is 12.9. The Kier molecular flexibility index (Phi) is 6.77. The monoisotopic (exact) mass is 548 g/mol. The average molecular weight is 549 g/mol. The predicted octanol–water partition coefficient (Wildman–Crippen LogP) is 5.23. The van der Waals surface area contributed by atoms with Crippen LogP contribution in [0.4, 0.5) is 17.1 Å². The van der Waals surface area contributed by atoms with Gasteiger partial charge in [-0.15, -0.1) is 11.3 Å². The van der Waals surface area contributed by atoms with E-state index in [1.165, 1.54) is 42.9 Å². The number of hydrogen-bond donors (Lipinski definition) is 2. The van der Waals surface area contributed by atoms with Gasteiger partial charge >= 0.3 is 0 Å². The number of nitrogens with zero attached hydrogens (tertiary/aromatic N) is 4. The number of fused-ring (bicyclic) bond motifs is 1. The van der Waals surface area contributed by atoms with Crippen molar-refractivity contribution in [3.05, 3.63) is 100 Å². The van der Waals surface area contributed by atoms with Crippen molar-refractivity contribution in [1.82, 2.24) is 9.38 Å². The maximum Gasteiger partial charge on any atom is 0.295 e. The van der Waals surface area contributed by atoms with Gasteiger partial charge in [0.1, 0.15) is 11.4 Å². The minimum absolute atomic E-state index is 0.0230. The van der Waals surface area contributed by atoms with Crippen LogP contribution in [-0.4, -0.2) is 36.1 Å². The van der Waals surface area contributed by atoms with Crippen molar-refractivity contribution in [3.63, 3.8) is 0 Å². The second-order valence-electron chi connectivity index (χ2n) is 7.88. The number of hydrazone groups is 1. The van der Waals surface area contributed by atoms with E-state index in [1.807, 2.05) is 46.3 Å². The smallest absolute Gasteiger partial charge is 0.295 e. The topological polar surface area (TPSA) is 140 Å². The van der Waals surface area contributed by atoms with Gasteiger partial charge in [0.05, 0.1) is 40.2 Å². The lowest BCUT2D eigenvalue weighted by Crippen LogP contribution is -2.14. The number of aromatic nitrogens is 2. The number of ether oxygens (including phenoxy) is 1. The molecule has 13 heteroatoms. The van der Waals surface area contributed by atoms with E-state index >= 15 is 0 Å². The number of sulfonamides is 1. The fourth-order valence-corrected chi connectivity index (χ4v) is 5.57. The molecule has 2 aromatic heterocycles. The molecule has 3 aromatic carbocycles. The Hall–Kier alpha value is -4.75. The molecule has 38 heavy (non-hydrogen) atoms. The van der Waals surface area contributed by atoms with Crippen molar-refractivity contribution in [2.45, 2.75) is 4.90 Å². The molecule has 0 aliphatic rings. The van der Waals surface area contributed by atoms with Crippen LogP contribution < -0.4 is 14.9 Å². The first-order valence-corrected chi connectivity index (χ1v) is 13.5. The molecule has 0 saturated heterocycles. The highest BCUT2D eigenvalue weighted by atomic mass is 32.2. The number of anilines is 2. The molecular weight excluding hydrogens is 528 g/mol. The molecule has 2 N–H and O–H groups in total. The first-order chi connectivity index (χ1) is 18.4. The third-order valence-electron chi connectivity index (χ3n) is 5.55. The molecule has 0 bridgehead atoms. The van der Waals surface area contributed by atoms with Crippen molar-refractivity contribution in [2.75, 3.05) is 17.3 Å². The number of rotatable bonds is 9. The Balaban J connectivity index is 1.44. The molecule has 5 aromatic rings. The van der Waals surface area contributed by atoms with Crippen LogP contribution in [0.3, 0.4) is 0 Å². The fraction of sp³-hybridized carbons (Fsp3) is 0.0400. The number of nitro benzene ring substituents is 1. The predicted molar refractivity (Wildman–Crippen MR) is 147 cm³/mol. The summed E-state index contributed by atoms with van der Waals surface area (Å²) in [6.07, 6.45) is 3.38. The van der Waals surface area contributed by atoms with Gasteiger partial charge < -0.3 is 4.74 Å². The highest BCUT2D eigenvalue weighted by Gasteiger charge is 2.23. The van der Waals surface area contributed by atoms with E-state index in [9.17, 15) is 18.5 Å². The van der Waals surface area contributed by atoms with Crippen molar-refractivity contribution >= 4 is 49.6 Å². The zero-order chi connectivity index (χ0) is 26.7. The fourth-order valence-electron chi connectivity index (χ4n) is 3.75. The summed E-state index contributed by atoms with van der Waals surface area (Å²) in [7, 11) is -2.73. The summed E-state index contributed by atoms with van der Waals surface area (Å²) < 4.78 is 35.3. The standard InChI is InChI=1S/C25H20N6O5S2/c1-36-23-10-6-5-9-20(23)29-38(34,35)18-11-12-19(21(15-18)31(32)33)28-26-16-22-24(17-7-3-2-4-8-17)27-25-30(22)13-14-37-25/h2-16,28-29H,1H3. The van der Waals surface area contributed by atoms with E-state index in [4.69, 9.17) is 4.74 Å².